The summed E-state index contributed by atoms with van der Waals surface area (Å²) in [4.78, 5) is 0. The van der Waals surface area contributed by atoms with E-state index in [-0.39, 0.29) is 10.8 Å². The maximum absolute atomic E-state index is 7.18. The summed E-state index contributed by atoms with van der Waals surface area (Å²) in [6.07, 6.45) is 20.0. The summed E-state index contributed by atoms with van der Waals surface area (Å²) >= 11 is 0. The van der Waals surface area contributed by atoms with Gasteiger partial charge < -0.3 is 14.2 Å². The molecule has 358 valence electrons. The van der Waals surface area contributed by atoms with Gasteiger partial charge in [-0.1, -0.05) is 188 Å². The number of fused-ring (bicyclic) bond motifs is 15. The van der Waals surface area contributed by atoms with E-state index in [1.807, 2.05) is 0 Å². The van der Waals surface area contributed by atoms with Crippen LogP contribution in [0.3, 0.4) is 0 Å². The predicted molar refractivity (Wildman–Crippen MR) is 295 cm³/mol. The van der Waals surface area contributed by atoms with Crippen LogP contribution in [0.15, 0.2) is 164 Å². The van der Waals surface area contributed by atoms with Gasteiger partial charge in [0.05, 0.1) is 5.41 Å². The van der Waals surface area contributed by atoms with E-state index >= 15 is 0 Å². The molecule has 0 radical (unpaired) electrons. The van der Waals surface area contributed by atoms with E-state index in [1.54, 1.807) is 0 Å². The van der Waals surface area contributed by atoms with Crippen molar-refractivity contribution in [3.8, 4) is 80.2 Å². The lowest BCUT2D eigenvalue weighted by atomic mass is 9.66. The summed E-state index contributed by atoms with van der Waals surface area (Å²) < 4.78 is 21.1. The number of benzene rings is 8. The van der Waals surface area contributed by atoms with Gasteiger partial charge in [-0.3, -0.25) is 0 Å². The first-order valence-electron chi connectivity index (χ1n) is 26.9. The molecule has 12 rings (SSSR count). The monoisotopic (exact) mass is 940 g/mol. The normalized spacial score (nSPS) is 14.9. The zero-order valence-electron chi connectivity index (χ0n) is 42.4. The van der Waals surface area contributed by atoms with E-state index in [0.717, 1.165) is 108 Å². The molecular formula is C69H64O3. The first-order valence-corrected chi connectivity index (χ1v) is 26.9. The number of ether oxygens (including phenoxy) is 3. The van der Waals surface area contributed by atoms with Crippen LogP contribution in [0.25, 0.3) is 33.4 Å². The molecule has 8 aromatic carbocycles. The predicted octanol–water partition coefficient (Wildman–Crippen LogP) is 19.0. The Bertz CT molecular complexity index is 3250. The fourth-order valence-corrected chi connectivity index (χ4v) is 13.6. The van der Waals surface area contributed by atoms with Crippen LogP contribution in [-0.2, 0) is 16.2 Å². The van der Waals surface area contributed by atoms with Crippen LogP contribution in [0.5, 0.6) is 34.5 Å². The molecule has 3 aliphatic carbocycles. The minimum absolute atomic E-state index is 0.0370. The van der Waals surface area contributed by atoms with E-state index < -0.39 is 5.41 Å². The van der Waals surface area contributed by atoms with Crippen molar-refractivity contribution >= 4 is 0 Å². The standard InChI is InChI=1S/C69H64O3/c1-6-11-37-67(38-12-7-2)57-24-18-15-21-51(57)54-33-28-47(42-62(54)67)70-49-30-35-60-65(44-49)72-66-45-50(31-36-61(66)69(60)59-26-20-17-23-53(59)56-32-27-46(10-5)41-64(56)69)71-48-29-34-55-52-22-16-19-25-58(52)68(39-13-8-3,40-14-9-4)63(55)43-48/h5,15-36,41-45H,6-9,11-14,37-40H2,1-4H3. The SMILES string of the molecule is C#Cc1ccc2c(c1)C1(c3ccc(Oc4ccc5c(c4)C(CCCC)(CCCC)c4ccccc4-5)cc3Oc3cc(Oc4ccc5c(c4)C(CCCC)(CCCC)c4ccccc4-5)ccc31)c1ccccc1-2. The Hall–Kier alpha value is -7.28. The minimum atomic E-state index is -0.715. The van der Waals surface area contributed by atoms with Crippen LogP contribution in [0, 0.1) is 12.3 Å². The summed E-state index contributed by atoms with van der Waals surface area (Å²) in [5.74, 6) is 7.56. The van der Waals surface area contributed by atoms with Gasteiger partial charge in [0, 0.05) is 39.7 Å². The van der Waals surface area contributed by atoms with E-state index in [1.165, 1.54) is 86.9 Å². The molecule has 0 atom stereocenters. The summed E-state index contributed by atoms with van der Waals surface area (Å²) in [6.45, 7) is 9.22. The number of hydrogen-bond acceptors (Lipinski definition) is 3. The second-order valence-electron chi connectivity index (χ2n) is 20.9. The molecule has 0 saturated carbocycles. The Kier molecular flexibility index (Phi) is 11.7. The first-order chi connectivity index (χ1) is 35.4. The molecule has 72 heavy (non-hydrogen) atoms. The van der Waals surface area contributed by atoms with Crippen LogP contribution in [0.2, 0.25) is 0 Å². The lowest BCUT2D eigenvalue weighted by Crippen LogP contribution is -2.32. The lowest BCUT2D eigenvalue weighted by molar-refractivity contribution is 0.408. The molecule has 0 N–H and O–H groups in total. The highest BCUT2D eigenvalue weighted by molar-refractivity contribution is 5.89. The molecule has 3 nitrogen and oxygen atoms in total. The second-order valence-corrected chi connectivity index (χ2v) is 20.9. The fourth-order valence-electron chi connectivity index (χ4n) is 13.6. The van der Waals surface area contributed by atoms with Crippen LogP contribution in [0.1, 0.15) is 155 Å². The lowest BCUT2D eigenvalue weighted by Gasteiger charge is -2.39. The third-order valence-electron chi connectivity index (χ3n) is 16.9. The smallest absolute Gasteiger partial charge is 0.135 e. The number of unbranched alkanes of at least 4 members (excludes halogenated alkanes) is 4. The van der Waals surface area contributed by atoms with Gasteiger partial charge in [0.15, 0.2) is 0 Å². The maximum atomic E-state index is 7.18. The molecule has 4 aliphatic rings. The molecule has 0 bridgehead atoms. The van der Waals surface area contributed by atoms with Gasteiger partial charge >= 0.3 is 0 Å². The highest BCUT2D eigenvalue weighted by Crippen LogP contribution is 2.64. The van der Waals surface area contributed by atoms with Crippen molar-refractivity contribution in [3.05, 3.63) is 214 Å². The largest absolute Gasteiger partial charge is 0.457 e. The van der Waals surface area contributed by atoms with Gasteiger partial charge in [-0.2, -0.15) is 0 Å². The van der Waals surface area contributed by atoms with E-state index in [9.17, 15) is 0 Å². The molecule has 8 aromatic rings. The van der Waals surface area contributed by atoms with Crippen molar-refractivity contribution < 1.29 is 14.2 Å². The molecule has 0 saturated heterocycles. The first kappa shape index (κ1) is 45.8. The van der Waals surface area contributed by atoms with Gasteiger partial charge in [-0.25, -0.2) is 0 Å². The van der Waals surface area contributed by atoms with E-state index in [2.05, 4.69) is 197 Å². The molecular weight excluding hydrogens is 877 g/mol. The number of terminal acetylenes is 1. The van der Waals surface area contributed by atoms with Crippen LogP contribution >= 0.6 is 0 Å². The third-order valence-corrected chi connectivity index (χ3v) is 16.9. The summed E-state index contributed by atoms with van der Waals surface area (Å²) in [5, 5.41) is 0. The molecule has 0 fully saturated rings. The topological polar surface area (TPSA) is 27.7 Å². The number of rotatable bonds is 16. The highest BCUT2D eigenvalue weighted by Gasteiger charge is 2.52. The zero-order valence-corrected chi connectivity index (χ0v) is 42.4. The van der Waals surface area contributed by atoms with Gasteiger partial charge in [0.2, 0.25) is 0 Å². The molecule has 0 aromatic heterocycles. The van der Waals surface area contributed by atoms with Crippen molar-refractivity contribution in [2.75, 3.05) is 0 Å². The Balaban J connectivity index is 0.962. The molecule has 0 amide bonds. The summed E-state index contributed by atoms with van der Waals surface area (Å²) in [6, 6.07) is 59.8. The molecule has 1 spiro atoms. The van der Waals surface area contributed by atoms with Gasteiger partial charge in [-0.05, 0) is 141 Å². The molecule has 1 aliphatic heterocycles. The maximum Gasteiger partial charge on any atom is 0.135 e. The molecule has 1 heterocycles. The van der Waals surface area contributed by atoms with Gasteiger partial charge in [0.25, 0.3) is 0 Å². The molecule has 3 heteroatoms. The molecule has 0 unspecified atom stereocenters. The highest BCUT2D eigenvalue weighted by atomic mass is 16.5. The Morgan fingerprint density at radius 3 is 1.21 bits per heavy atom. The van der Waals surface area contributed by atoms with Crippen LogP contribution in [0.4, 0.5) is 0 Å². The van der Waals surface area contributed by atoms with Crippen LogP contribution < -0.4 is 14.2 Å². The Morgan fingerprint density at radius 2 is 0.750 bits per heavy atom. The average Bonchev–Trinajstić information content (AvgIpc) is 3.97. The summed E-state index contributed by atoms with van der Waals surface area (Å²) in [5.41, 5.74) is 18.0. The van der Waals surface area contributed by atoms with Crippen molar-refractivity contribution in [2.24, 2.45) is 0 Å². The van der Waals surface area contributed by atoms with Gasteiger partial charge in [0.1, 0.15) is 34.5 Å². The van der Waals surface area contributed by atoms with Crippen molar-refractivity contribution in [1.82, 2.24) is 0 Å². The summed E-state index contributed by atoms with van der Waals surface area (Å²) in [7, 11) is 0. The Morgan fingerprint density at radius 1 is 0.375 bits per heavy atom. The fraction of sp³-hybridized carbons (Fsp3) is 0.275. The minimum Gasteiger partial charge on any atom is -0.457 e. The Labute approximate surface area is 427 Å². The third kappa shape index (κ3) is 7.00. The van der Waals surface area contributed by atoms with E-state index in [0.29, 0.717) is 0 Å². The van der Waals surface area contributed by atoms with Crippen molar-refractivity contribution in [1.29, 1.82) is 0 Å². The van der Waals surface area contributed by atoms with Crippen molar-refractivity contribution in [2.45, 2.75) is 121 Å². The van der Waals surface area contributed by atoms with Crippen molar-refractivity contribution in [3.63, 3.8) is 0 Å². The second kappa shape index (κ2) is 18.4. The van der Waals surface area contributed by atoms with Gasteiger partial charge in [-0.15, -0.1) is 6.42 Å². The average molecular weight is 941 g/mol. The van der Waals surface area contributed by atoms with Crippen LogP contribution in [-0.4, -0.2) is 0 Å². The van der Waals surface area contributed by atoms with E-state index in [4.69, 9.17) is 20.6 Å². The number of hydrogen-bond donors (Lipinski definition) is 0. The quantitative estimate of drug-likeness (QED) is 0.0904. The zero-order chi connectivity index (χ0) is 49.0.